The summed E-state index contributed by atoms with van der Waals surface area (Å²) in [6, 6.07) is 6.78. The standard InChI is InChI=1S/C15H21FN2/c1-18(14-6-4-13(16)5-7-14)15(10-17)9-11-2-3-12(15)8-11/h4-7,11-12H,2-3,8-10,17H2,1H3. The maximum absolute atomic E-state index is 13.0. The number of benzene rings is 1. The molecule has 3 atom stereocenters. The molecular formula is C15H21FN2. The van der Waals surface area contributed by atoms with Gasteiger partial charge in [-0.1, -0.05) is 0 Å². The van der Waals surface area contributed by atoms with Gasteiger partial charge in [-0.15, -0.1) is 0 Å². The van der Waals surface area contributed by atoms with E-state index in [0.717, 1.165) is 11.6 Å². The van der Waals surface area contributed by atoms with Crippen molar-refractivity contribution in [2.45, 2.75) is 31.2 Å². The van der Waals surface area contributed by atoms with Crippen LogP contribution in [0.4, 0.5) is 10.1 Å². The topological polar surface area (TPSA) is 29.3 Å². The van der Waals surface area contributed by atoms with Gasteiger partial charge in [-0.05, 0) is 61.8 Å². The largest absolute Gasteiger partial charge is 0.367 e. The lowest BCUT2D eigenvalue weighted by Crippen LogP contribution is -2.56. The Morgan fingerprint density at radius 1 is 1.33 bits per heavy atom. The Morgan fingerprint density at radius 2 is 2.06 bits per heavy atom. The van der Waals surface area contributed by atoms with E-state index in [9.17, 15) is 4.39 Å². The van der Waals surface area contributed by atoms with Crippen molar-refractivity contribution in [3.05, 3.63) is 30.1 Å². The van der Waals surface area contributed by atoms with Crippen LogP contribution in [0.2, 0.25) is 0 Å². The van der Waals surface area contributed by atoms with Crippen LogP contribution in [0.25, 0.3) is 0 Å². The zero-order valence-electron chi connectivity index (χ0n) is 10.9. The molecule has 2 fully saturated rings. The first-order valence-electron chi connectivity index (χ1n) is 6.85. The molecule has 2 bridgehead atoms. The summed E-state index contributed by atoms with van der Waals surface area (Å²) in [5, 5.41) is 0. The van der Waals surface area contributed by atoms with Crippen molar-refractivity contribution in [3.63, 3.8) is 0 Å². The maximum Gasteiger partial charge on any atom is 0.123 e. The van der Waals surface area contributed by atoms with E-state index in [1.54, 1.807) is 0 Å². The lowest BCUT2D eigenvalue weighted by molar-refractivity contribution is 0.267. The fourth-order valence-electron chi connectivity index (χ4n) is 4.13. The molecular weight excluding hydrogens is 227 g/mol. The highest BCUT2D eigenvalue weighted by atomic mass is 19.1. The van der Waals surface area contributed by atoms with E-state index in [1.807, 2.05) is 12.1 Å². The molecule has 1 aromatic carbocycles. The second kappa shape index (κ2) is 4.23. The summed E-state index contributed by atoms with van der Waals surface area (Å²) in [7, 11) is 2.11. The first kappa shape index (κ1) is 12.0. The minimum Gasteiger partial charge on any atom is -0.367 e. The second-order valence-corrected chi connectivity index (χ2v) is 5.92. The molecule has 0 aliphatic heterocycles. The summed E-state index contributed by atoms with van der Waals surface area (Å²) >= 11 is 0. The molecule has 3 rings (SSSR count). The molecule has 1 aromatic rings. The molecule has 2 N–H and O–H groups in total. The Morgan fingerprint density at radius 3 is 2.56 bits per heavy atom. The third-order valence-electron chi connectivity index (χ3n) is 5.18. The van der Waals surface area contributed by atoms with E-state index in [2.05, 4.69) is 11.9 Å². The number of fused-ring (bicyclic) bond motifs is 2. The van der Waals surface area contributed by atoms with Crippen LogP contribution in [0.15, 0.2) is 24.3 Å². The van der Waals surface area contributed by atoms with Crippen molar-refractivity contribution in [2.24, 2.45) is 17.6 Å². The van der Waals surface area contributed by atoms with E-state index < -0.39 is 0 Å². The van der Waals surface area contributed by atoms with Crippen molar-refractivity contribution in [1.82, 2.24) is 0 Å². The number of anilines is 1. The summed E-state index contributed by atoms with van der Waals surface area (Å²) in [6.45, 7) is 0.696. The minimum absolute atomic E-state index is 0.0980. The molecule has 0 saturated heterocycles. The van der Waals surface area contributed by atoms with E-state index in [-0.39, 0.29) is 11.4 Å². The number of nitrogens with zero attached hydrogens (tertiary/aromatic N) is 1. The fourth-order valence-corrected chi connectivity index (χ4v) is 4.13. The van der Waals surface area contributed by atoms with Crippen LogP contribution >= 0.6 is 0 Å². The molecule has 0 amide bonds. The zero-order valence-corrected chi connectivity index (χ0v) is 10.9. The minimum atomic E-state index is -0.179. The molecule has 0 radical (unpaired) electrons. The van der Waals surface area contributed by atoms with Crippen LogP contribution < -0.4 is 10.6 Å². The van der Waals surface area contributed by atoms with Gasteiger partial charge in [0, 0.05) is 19.3 Å². The SMILES string of the molecule is CN(c1ccc(F)cc1)C1(CN)CC2CCC1C2. The average molecular weight is 248 g/mol. The maximum atomic E-state index is 13.0. The van der Waals surface area contributed by atoms with Crippen molar-refractivity contribution in [2.75, 3.05) is 18.5 Å². The number of halogens is 1. The van der Waals surface area contributed by atoms with Gasteiger partial charge in [0.1, 0.15) is 5.82 Å². The molecule has 3 heteroatoms. The lowest BCUT2D eigenvalue weighted by Gasteiger charge is -2.46. The summed E-state index contributed by atoms with van der Waals surface area (Å²) in [5.74, 6) is 1.38. The molecule has 2 aliphatic carbocycles. The van der Waals surface area contributed by atoms with Crippen LogP contribution in [0, 0.1) is 17.7 Å². The number of nitrogens with two attached hydrogens (primary N) is 1. The summed E-state index contributed by atoms with van der Waals surface area (Å²) in [4.78, 5) is 2.30. The quantitative estimate of drug-likeness (QED) is 0.891. The van der Waals surface area contributed by atoms with E-state index >= 15 is 0 Å². The van der Waals surface area contributed by atoms with E-state index in [1.165, 1.54) is 37.8 Å². The van der Waals surface area contributed by atoms with Crippen LogP contribution in [-0.2, 0) is 0 Å². The smallest absolute Gasteiger partial charge is 0.123 e. The molecule has 98 valence electrons. The number of rotatable bonds is 3. The number of hydrogen-bond donors (Lipinski definition) is 1. The van der Waals surface area contributed by atoms with Crippen molar-refractivity contribution in [3.8, 4) is 0 Å². The highest BCUT2D eigenvalue weighted by molar-refractivity contribution is 5.49. The van der Waals surface area contributed by atoms with Crippen molar-refractivity contribution >= 4 is 5.69 Å². The van der Waals surface area contributed by atoms with Gasteiger partial charge in [0.15, 0.2) is 0 Å². The number of likely N-dealkylation sites (N-methyl/N-ethyl adjacent to an activating group) is 1. The molecule has 2 saturated carbocycles. The van der Waals surface area contributed by atoms with Gasteiger partial charge in [-0.25, -0.2) is 4.39 Å². The van der Waals surface area contributed by atoms with Crippen molar-refractivity contribution in [1.29, 1.82) is 0 Å². The molecule has 3 unspecified atom stereocenters. The van der Waals surface area contributed by atoms with Crippen molar-refractivity contribution < 1.29 is 4.39 Å². The van der Waals surface area contributed by atoms with Crippen LogP contribution in [0.5, 0.6) is 0 Å². The second-order valence-electron chi connectivity index (χ2n) is 5.92. The Labute approximate surface area is 108 Å². The third-order valence-corrected chi connectivity index (χ3v) is 5.18. The lowest BCUT2D eigenvalue weighted by atomic mass is 9.79. The Kier molecular flexibility index (Phi) is 2.81. The van der Waals surface area contributed by atoms with Gasteiger partial charge in [-0.2, -0.15) is 0 Å². The van der Waals surface area contributed by atoms with E-state index in [4.69, 9.17) is 5.73 Å². The summed E-state index contributed by atoms with van der Waals surface area (Å²) in [6.07, 6.45) is 5.18. The first-order valence-corrected chi connectivity index (χ1v) is 6.85. The molecule has 18 heavy (non-hydrogen) atoms. The fraction of sp³-hybridized carbons (Fsp3) is 0.600. The molecule has 0 spiro atoms. The van der Waals surface area contributed by atoms with Crippen LogP contribution in [0.1, 0.15) is 25.7 Å². The van der Waals surface area contributed by atoms with Gasteiger partial charge in [0.2, 0.25) is 0 Å². The number of hydrogen-bond acceptors (Lipinski definition) is 2. The highest BCUT2D eigenvalue weighted by Crippen LogP contribution is 2.53. The first-order chi connectivity index (χ1) is 8.65. The molecule has 0 aromatic heterocycles. The molecule has 2 aliphatic rings. The third kappa shape index (κ3) is 1.64. The summed E-state index contributed by atoms with van der Waals surface area (Å²) in [5.41, 5.74) is 7.28. The van der Waals surface area contributed by atoms with Gasteiger partial charge in [-0.3, -0.25) is 0 Å². The predicted octanol–water partition coefficient (Wildman–Crippen LogP) is 2.78. The molecule has 2 nitrogen and oxygen atoms in total. The summed E-state index contributed by atoms with van der Waals surface area (Å²) < 4.78 is 13.0. The molecule has 0 heterocycles. The Bertz CT molecular complexity index is 431. The highest BCUT2D eigenvalue weighted by Gasteiger charge is 2.52. The normalized spacial score (nSPS) is 33.9. The van der Waals surface area contributed by atoms with E-state index in [0.29, 0.717) is 12.5 Å². The Hall–Kier alpha value is -1.09. The van der Waals surface area contributed by atoms with Gasteiger partial charge in [0.05, 0.1) is 5.54 Å². The predicted molar refractivity (Wildman–Crippen MR) is 72.0 cm³/mol. The van der Waals surface area contributed by atoms with Gasteiger partial charge < -0.3 is 10.6 Å². The van der Waals surface area contributed by atoms with Crippen LogP contribution in [-0.4, -0.2) is 19.1 Å². The van der Waals surface area contributed by atoms with Gasteiger partial charge >= 0.3 is 0 Å². The zero-order chi connectivity index (χ0) is 12.8. The van der Waals surface area contributed by atoms with Gasteiger partial charge in [0.25, 0.3) is 0 Å². The monoisotopic (exact) mass is 248 g/mol. The van der Waals surface area contributed by atoms with Crippen LogP contribution in [0.3, 0.4) is 0 Å². The Balaban J connectivity index is 1.90. The average Bonchev–Trinajstić information content (AvgIpc) is 2.99.